The summed E-state index contributed by atoms with van der Waals surface area (Å²) in [5.41, 5.74) is 1.97. The van der Waals surface area contributed by atoms with Crippen molar-refractivity contribution in [3.63, 3.8) is 0 Å². The van der Waals surface area contributed by atoms with Crippen LogP contribution in [0.25, 0.3) is 0 Å². The van der Waals surface area contributed by atoms with Crippen LogP contribution in [-0.2, 0) is 22.7 Å². The van der Waals surface area contributed by atoms with Crippen LogP contribution in [0.3, 0.4) is 0 Å². The van der Waals surface area contributed by atoms with Gasteiger partial charge in [0.25, 0.3) is 11.8 Å². The van der Waals surface area contributed by atoms with E-state index in [1.807, 2.05) is 84.9 Å². The van der Waals surface area contributed by atoms with Crippen molar-refractivity contribution in [2.24, 2.45) is 0 Å². The van der Waals surface area contributed by atoms with Gasteiger partial charge in [0.05, 0.1) is 8.95 Å². The zero-order valence-corrected chi connectivity index (χ0v) is 28.9. The number of carbonyl (C=O) groups excluding carboxylic acids is 2. The average Bonchev–Trinajstić information content (AvgIpc) is 2.98. The fourth-order valence-electron chi connectivity index (χ4n) is 4.08. The number of benzene rings is 4. The predicted molar refractivity (Wildman–Crippen MR) is 178 cm³/mol. The summed E-state index contributed by atoms with van der Waals surface area (Å²) in [6.45, 7) is 1.14. The van der Waals surface area contributed by atoms with Crippen molar-refractivity contribution in [2.45, 2.75) is 13.1 Å². The Morgan fingerprint density at radius 3 is 1.29 bits per heavy atom. The van der Waals surface area contributed by atoms with E-state index in [0.717, 1.165) is 29.0 Å². The Labute approximate surface area is 279 Å². The molecule has 0 bridgehead atoms. The highest BCUT2D eigenvalue weighted by Crippen LogP contribution is 2.29. The molecule has 0 unspecified atom stereocenters. The summed E-state index contributed by atoms with van der Waals surface area (Å²) >= 11 is 13.8. The molecule has 4 aromatic carbocycles. The van der Waals surface area contributed by atoms with Crippen molar-refractivity contribution in [3.8, 4) is 11.5 Å². The molecule has 0 fully saturated rings. The van der Waals surface area contributed by atoms with Gasteiger partial charge in [-0.05, 0) is 79.4 Å². The minimum Gasteiger partial charge on any atom is -0.483 e. The van der Waals surface area contributed by atoms with E-state index >= 15 is 0 Å². The van der Waals surface area contributed by atoms with E-state index in [9.17, 15) is 9.59 Å². The molecule has 42 heavy (non-hydrogen) atoms. The first-order valence-electron chi connectivity index (χ1n) is 13.1. The predicted octanol–water partition coefficient (Wildman–Crippen LogP) is 8.25. The van der Waals surface area contributed by atoms with Gasteiger partial charge < -0.3 is 19.3 Å². The fourth-order valence-corrected chi connectivity index (χ4v) is 6.40. The van der Waals surface area contributed by atoms with Gasteiger partial charge in [0, 0.05) is 35.1 Å². The van der Waals surface area contributed by atoms with Gasteiger partial charge >= 0.3 is 0 Å². The molecule has 0 aliphatic heterocycles. The smallest absolute Gasteiger partial charge is 0.260 e. The number of halogens is 4. The molecular formula is C32H28Br4N2O4. The van der Waals surface area contributed by atoms with Gasteiger partial charge in [-0.1, -0.05) is 92.5 Å². The van der Waals surface area contributed by atoms with Crippen LogP contribution in [0.15, 0.2) is 115 Å². The number of carbonyl (C=O) groups is 2. The van der Waals surface area contributed by atoms with Crippen molar-refractivity contribution in [3.05, 3.63) is 126 Å². The van der Waals surface area contributed by atoms with Gasteiger partial charge in [0.15, 0.2) is 13.2 Å². The van der Waals surface area contributed by atoms with Crippen LogP contribution >= 0.6 is 63.7 Å². The lowest BCUT2D eigenvalue weighted by molar-refractivity contribution is -0.138. The van der Waals surface area contributed by atoms with Gasteiger partial charge in [0.2, 0.25) is 0 Å². The average molecular weight is 824 g/mol. The summed E-state index contributed by atoms with van der Waals surface area (Å²) in [6.07, 6.45) is 0. The zero-order valence-electron chi connectivity index (χ0n) is 22.5. The Hall–Kier alpha value is -2.66. The third-order valence-electron chi connectivity index (χ3n) is 6.27. The molecule has 6 nitrogen and oxygen atoms in total. The number of hydrogen-bond acceptors (Lipinski definition) is 4. The highest BCUT2D eigenvalue weighted by Gasteiger charge is 2.21. The van der Waals surface area contributed by atoms with Crippen molar-refractivity contribution >= 4 is 75.5 Å². The van der Waals surface area contributed by atoms with Gasteiger partial charge in [-0.25, -0.2) is 0 Å². The second-order valence-corrected chi connectivity index (χ2v) is 12.9. The molecule has 0 aliphatic rings. The second-order valence-electron chi connectivity index (χ2n) is 9.33. The van der Waals surface area contributed by atoms with Crippen molar-refractivity contribution in [1.82, 2.24) is 9.80 Å². The molecule has 0 saturated heterocycles. The molecule has 0 radical (unpaired) electrons. The van der Waals surface area contributed by atoms with Crippen LogP contribution in [0.2, 0.25) is 0 Å². The highest BCUT2D eigenvalue weighted by molar-refractivity contribution is 9.11. The Balaban J connectivity index is 1.47. The first-order valence-corrected chi connectivity index (χ1v) is 16.2. The van der Waals surface area contributed by atoms with E-state index in [4.69, 9.17) is 9.47 Å². The quantitative estimate of drug-likeness (QED) is 0.136. The molecule has 0 aliphatic carbocycles. The SMILES string of the molecule is O=C(COc1ccc(Br)cc1Br)N(CCN(Cc1ccccc1)C(=O)COc1ccc(Br)cc1Br)Cc1ccccc1. The Kier molecular flexibility index (Phi) is 12.5. The Morgan fingerprint density at radius 2 is 0.929 bits per heavy atom. The first-order chi connectivity index (χ1) is 20.3. The lowest BCUT2D eigenvalue weighted by Crippen LogP contribution is -2.43. The maximum atomic E-state index is 13.5. The summed E-state index contributed by atoms with van der Waals surface area (Å²) in [5.74, 6) is 0.776. The third-order valence-corrected chi connectivity index (χ3v) is 8.49. The summed E-state index contributed by atoms with van der Waals surface area (Å²) in [6, 6.07) is 30.6. The van der Waals surface area contributed by atoms with Gasteiger partial charge in [0.1, 0.15) is 11.5 Å². The van der Waals surface area contributed by atoms with Crippen LogP contribution < -0.4 is 9.47 Å². The number of nitrogens with zero attached hydrogens (tertiary/aromatic N) is 2. The molecule has 4 rings (SSSR count). The molecule has 0 atom stereocenters. The normalized spacial score (nSPS) is 10.7. The zero-order chi connectivity index (χ0) is 29.9. The molecule has 4 aromatic rings. The molecular weight excluding hydrogens is 796 g/mol. The number of ether oxygens (including phenoxy) is 2. The largest absolute Gasteiger partial charge is 0.483 e. The van der Waals surface area contributed by atoms with Crippen molar-refractivity contribution in [1.29, 1.82) is 0 Å². The van der Waals surface area contributed by atoms with E-state index < -0.39 is 0 Å². The minimum atomic E-state index is -0.184. The molecule has 2 amide bonds. The summed E-state index contributed by atoms with van der Waals surface area (Å²) in [7, 11) is 0. The molecule has 10 heteroatoms. The Morgan fingerprint density at radius 1 is 0.548 bits per heavy atom. The second kappa shape index (κ2) is 16.3. The lowest BCUT2D eigenvalue weighted by atomic mass is 10.2. The summed E-state index contributed by atoms with van der Waals surface area (Å²) in [5, 5.41) is 0. The Bertz CT molecular complexity index is 1380. The fraction of sp³-hybridized carbons (Fsp3) is 0.188. The standard InChI is InChI=1S/C32H28Br4N2O4/c33-25-11-13-29(27(35)17-25)41-21-31(39)37(19-23-7-3-1-4-8-23)15-16-38(20-24-9-5-2-6-10-24)32(40)22-42-30-14-12-26(34)18-28(30)36/h1-14,17-18H,15-16,19-22H2. The molecule has 0 spiro atoms. The highest BCUT2D eigenvalue weighted by atomic mass is 79.9. The van der Waals surface area contributed by atoms with Gasteiger partial charge in [-0.2, -0.15) is 0 Å². The minimum absolute atomic E-state index is 0.138. The van der Waals surface area contributed by atoms with Crippen LogP contribution in [0.1, 0.15) is 11.1 Å². The molecule has 0 N–H and O–H groups in total. The van der Waals surface area contributed by atoms with E-state index in [-0.39, 0.29) is 25.0 Å². The maximum Gasteiger partial charge on any atom is 0.260 e. The molecule has 218 valence electrons. The van der Waals surface area contributed by atoms with Crippen LogP contribution in [0.4, 0.5) is 0 Å². The molecule has 0 aromatic heterocycles. The van der Waals surface area contributed by atoms with Crippen LogP contribution in [-0.4, -0.2) is 47.9 Å². The van der Waals surface area contributed by atoms with Gasteiger partial charge in [-0.15, -0.1) is 0 Å². The third kappa shape index (κ3) is 9.97. The first kappa shape index (κ1) is 32.3. The molecule has 0 heterocycles. The summed E-state index contributed by atoms with van der Waals surface area (Å²) < 4.78 is 15.0. The maximum absolute atomic E-state index is 13.5. The summed E-state index contributed by atoms with van der Waals surface area (Å²) in [4.78, 5) is 30.4. The van der Waals surface area contributed by atoms with Crippen molar-refractivity contribution in [2.75, 3.05) is 26.3 Å². The molecule has 0 saturated carbocycles. The van der Waals surface area contributed by atoms with Crippen molar-refractivity contribution < 1.29 is 19.1 Å². The number of hydrogen-bond donors (Lipinski definition) is 0. The lowest BCUT2D eigenvalue weighted by Gasteiger charge is -2.28. The van der Waals surface area contributed by atoms with E-state index in [1.165, 1.54) is 0 Å². The number of amides is 2. The van der Waals surface area contributed by atoms with E-state index in [0.29, 0.717) is 37.7 Å². The van der Waals surface area contributed by atoms with Crippen LogP contribution in [0, 0.1) is 0 Å². The van der Waals surface area contributed by atoms with Crippen LogP contribution in [0.5, 0.6) is 11.5 Å². The van der Waals surface area contributed by atoms with Gasteiger partial charge in [-0.3, -0.25) is 9.59 Å². The van der Waals surface area contributed by atoms with E-state index in [2.05, 4.69) is 63.7 Å². The number of rotatable bonds is 13. The monoisotopic (exact) mass is 820 g/mol. The van der Waals surface area contributed by atoms with E-state index in [1.54, 1.807) is 21.9 Å². The topological polar surface area (TPSA) is 59.1 Å².